The van der Waals surface area contributed by atoms with Gasteiger partial charge in [-0.2, -0.15) is 0 Å². The van der Waals surface area contributed by atoms with E-state index >= 15 is 0 Å². The van der Waals surface area contributed by atoms with Crippen LogP contribution in [0.15, 0.2) is 41.6 Å². The Morgan fingerprint density at radius 2 is 1.79 bits per heavy atom. The fourth-order valence-corrected chi connectivity index (χ4v) is 2.75. The summed E-state index contributed by atoms with van der Waals surface area (Å²) in [6.45, 7) is 0. The highest BCUT2D eigenvalue weighted by Crippen LogP contribution is 2.36. The highest BCUT2D eigenvalue weighted by atomic mass is 16.5. The number of aryl methyl sites for hydroxylation is 1. The first-order valence-corrected chi connectivity index (χ1v) is 7.25. The van der Waals surface area contributed by atoms with E-state index in [0.29, 0.717) is 28.7 Å². The van der Waals surface area contributed by atoms with Crippen LogP contribution in [0.5, 0.6) is 11.5 Å². The highest BCUT2D eigenvalue weighted by molar-refractivity contribution is 5.97. The van der Waals surface area contributed by atoms with Crippen molar-refractivity contribution in [3.8, 4) is 22.6 Å². The van der Waals surface area contributed by atoms with Crippen LogP contribution in [0.25, 0.3) is 21.9 Å². The predicted octanol–water partition coefficient (Wildman–Crippen LogP) is 2.43. The molecular formula is C18H16N2O4. The number of ether oxygens (including phenoxy) is 2. The van der Waals surface area contributed by atoms with Gasteiger partial charge in [-0.05, 0) is 29.1 Å². The van der Waals surface area contributed by atoms with Gasteiger partial charge in [0.15, 0.2) is 6.29 Å². The molecule has 0 bridgehead atoms. The molecule has 0 unspecified atom stereocenters. The lowest BCUT2D eigenvalue weighted by Crippen LogP contribution is -2.16. The third-order valence-corrected chi connectivity index (χ3v) is 3.96. The average Bonchev–Trinajstić information content (AvgIpc) is 2.63. The van der Waals surface area contributed by atoms with E-state index < -0.39 is 0 Å². The maximum absolute atomic E-state index is 12.3. The van der Waals surface area contributed by atoms with E-state index in [2.05, 4.69) is 4.98 Å². The third kappa shape index (κ3) is 2.42. The predicted molar refractivity (Wildman–Crippen MR) is 90.9 cm³/mol. The number of aldehydes is 1. The van der Waals surface area contributed by atoms with Crippen molar-refractivity contribution in [2.24, 2.45) is 7.05 Å². The summed E-state index contributed by atoms with van der Waals surface area (Å²) in [6, 6.07) is 5.30. The molecule has 2 heterocycles. The van der Waals surface area contributed by atoms with E-state index in [-0.39, 0.29) is 5.56 Å². The van der Waals surface area contributed by atoms with Crippen LogP contribution in [0.3, 0.4) is 0 Å². The second-order valence-corrected chi connectivity index (χ2v) is 5.29. The van der Waals surface area contributed by atoms with Gasteiger partial charge in [-0.25, -0.2) is 0 Å². The Bertz CT molecular complexity index is 967. The van der Waals surface area contributed by atoms with Crippen molar-refractivity contribution in [1.82, 2.24) is 9.55 Å². The molecule has 3 rings (SSSR count). The molecule has 0 saturated heterocycles. The van der Waals surface area contributed by atoms with Gasteiger partial charge in [0.25, 0.3) is 5.56 Å². The first kappa shape index (κ1) is 15.7. The number of nitrogens with zero attached hydrogens (tertiary/aromatic N) is 2. The van der Waals surface area contributed by atoms with Crippen molar-refractivity contribution in [2.75, 3.05) is 14.2 Å². The Morgan fingerprint density at radius 3 is 2.38 bits per heavy atom. The maximum atomic E-state index is 12.3. The molecule has 6 nitrogen and oxygen atoms in total. The molecule has 24 heavy (non-hydrogen) atoms. The fourth-order valence-electron chi connectivity index (χ4n) is 2.75. The van der Waals surface area contributed by atoms with Crippen molar-refractivity contribution in [3.05, 3.63) is 52.7 Å². The van der Waals surface area contributed by atoms with E-state index in [1.165, 1.54) is 18.8 Å². The number of aromatic nitrogens is 2. The molecule has 1 aromatic carbocycles. The summed E-state index contributed by atoms with van der Waals surface area (Å²) >= 11 is 0. The molecule has 122 valence electrons. The summed E-state index contributed by atoms with van der Waals surface area (Å²) in [4.78, 5) is 27.6. The van der Waals surface area contributed by atoms with Gasteiger partial charge in [-0.3, -0.25) is 14.6 Å². The SMILES string of the molecule is COc1cc(-c2cn(C)c(=O)c3cnccc23)cc(OC)c1C=O. The zero-order valence-corrected chi connectivity index (χ0v) is 13.6. The van der Waals surface area contributed by atoms with Crippen LogP contribution in [-0.2, 0) is 7.05 Å². The second-order valence-electron chi connectivity index (χ2n) is 5.29. The first-order chi connectivity index (χ1) is 11.6. The molecule has 0 aliphatic heterocycles. The van der Waals surface area contributed by atoms with E-state index in [9.17, 15) is 9.59 Å². The normalized spacial score (nSPS) is 10.6. The van der Waals surface area contributed by atoms with Gasteiger partial charge in [-0.1, -0.05) is 0 Å². The summed E-state index contributed by atoms with van der Waals surface area (Å²) in [5.74, 6) is 0.825. The highest BCUT2D eigenvalue weighted by Gasteiger charge is 2.15. The molecule has 0 saturated carbocycles. The molecule has 0 fully saturated rings. The van der Waals surface area contributed by atoms with Crippen molar-refractivity contribution in [3.63, 3.8) is 0 Å². The molecular weight excluding hydrogens is 308 g/mol. The number of hydrogen-bond acceptors (Lipinski definition) is 5. The van der Waals surface area contributed by atoms with Crippen LogP contribution in [-0.4, -0.2) is 30.1 Å². The minimum absolute atomic E-state index is 0.120. The first-order valence-electron chi connectivity index (χ1n) is 7.25. The van der Waals surface area contributed by atoms with Crippen LogP contribution < -0.4 is 15.0 Å². The van der Waals surface area contributed by atoms with E-state index in [0.717, 1.165) is 16.5 Å². The van der Waals surface area contributed by atoms with Gasteiger partial charge in [0.2, 0.25) is 0 Å². The number of rotatable bonds is 4. The largest absolute Gasteiger partial charge is 0.496 e. The summed E-state index contributed by atoms with van der Waals surface area (Å²) in [6.07, 6.45) is 5.64. The zero-order valence-electron chi connectivity index (χ0n) is 13.6. The van der Waals surface area contributed by atoms with E-state index in [4.69, 9.17) is 9.47 Å². The maximum Gasteiger partial charge on any atom is 0.259 e. The third-order valence-electron chi connectivity index (χ3n) is 3.96. The molecule has 0 spiro atoms. The lowest BCUT2D eigenvalue weighted by Gasteiger charge is -2.14. The van der Waals surface area contributed by atoms with E-state index in [1.54, 1.807) is 43.8 Å². The number of hydrogen-bond donors (Lipinski definition) is 0. The molecule has 0 radical (unpaired) electrons. The number of carbonyl (C=O) groups excluding carboxylic acids is 1. The molecule has 6 heteroatoms. The molecule has 0 aliphatic carbocycles. The monoisotopic (exact) mass is 324 g/mol. The lowest BCUT2D eigenvalue weighted by atomic mass is 9.99. The molecule has 0 aliphatic rings. The van der Waals surface area contributed by atoms with Crippen LogP contribution in [0.4, 0.5) is 0 Å². The standard InChI is InChI=1S/C18H16N2O4/c1-20-9-14(12-4-5-19-8-13(12)18(20)22)11-6-16(23-2)15(10-21)17(7-11)24-3/h4-10H,1-3H3. The minimum atomic E-state index is -0.120. The van der Waals surface area contributed by atoms with Gasteiger partial charge in [0, 0.05) is 31.2 Å². The van der Waals surface area contributed by atoms with Crippen molar-refractivity contribution >= 4 is 17.1 Å². The lowest BCUT2D eigenvalue weighted by molar-refractivity contribution is 0.111. The minimum Gasteiger partial charge on any atom is -0.496 e. The zero-order chi connectivity index (χ0) is 17.3. The van der Waals surface area contributed by atoms with Crippen molar-refractivity contribution < 1.29 is 14.3 Å². The van der Waals surface area contributed by atoms with Gasteiger partial charge in [-0.15, -0.1) is 0 Å². The topological polar surface area (TPSA) is 70.4 Å². The van der Waals surface area contributed by atoms with E-state index in [1.807, 2.05) is 0 Å². The Labute approximate surface area is 138 Å². The second kappa shape index (κ2) is 6.16. The number of fused-ring (bicyclic) bond motifs is 1. The molecule has 3 aromatic rings. The van der Waals surface area contributed by atoms with Crippen molar-refractivity contribution in [1.29, 1.82) is 0 Å². The van der Waals surface area contributed by atoms with Crippen LogP contribution >= 0.6 is 0 Å². The number of methoxy groups -OCH3 is 2. The van der Waals surface area contributed by atoms with Gasteiger partial charge in [0.1, 0.15) is 11.5 Å². The molecule has 0 atom stereocenters. The number of benzene rings is 1. The summed E-state index contributed by atoms with van der Waals surface area (Å²) in [5.41, 5.74) is 1.83. The van der Waals surface area contributed by atoms with Crippen LogP contribution in [0, 0.1) is 0 Å². The number of carbonyl (C=O) groups is 1. The molecule has 0 amide bonds. The Hall–Kier alpha value is -3.15. The van der Waals surface area contributed by atoms with Gasteiger partial charge in [0.05, 0.1) is 25.2 Å². The molecule has 2 aromatic heterocycles. The molecule has 0 N–H and O–H groups in total. The summed E-state index contributed by atoms with van der Waals surface area (Å²) in [7, 11) is 4.68. The average molecular weight is 324 g/mol. The van der Waals surface area contributed by atoms with Crippen LogP contribution in [0.1, 0.15) is 10.4 Å². The number of pyridine rings is 2. The summed E-state index contributed by atoms with van der Waals surface area (Å²) in [5, 5.41) is 1.30. The smallest absolute Gasteiger partial charge is 0.259 e. The fraction of sp³-hybridized carbons (Fsp3) is 0.167. The Balaban J connectivity index is 2.38. The van der Waals surface area contributed by atoms with Gasteiger partial charge < -0.3 is 14.0 Å². The van der Waals surface area contributed by atoms with Gasteiger partial charge >= 0.3 is 0 Å². The summed E-state index contributed by atoms with van der Waals surface area (Å²) < 4.78 is 12.1. The van der Waals surface area contributed by atoms with Crippen LogP contribution in [0.2, 0.25) is 0 Å². The Kier molecular flexibility index (Phi) is 4.04. The quantitative estimate of drug-likeness (QED) is 0.689. The Morgan fingerprint density at radius 1 is 1.12 bits per heavy atom. The van der Waals surface area contributed by atoms with Crippen molar-refractivity contribution in [2.45, 2.75) is 0 Å².